The summed E-state index contributed by atoms with van der Waals surface area (Å²) in [6.45, 7) is 6.78. The molecule has 241 valence electrons. The zero-order chi connectivity index (χ0) is 34.0. The van der Waals surface area contributed by atoms with Gasteiger partial charge in [0.25, 0.3) is 0 Å². The summed E-state index contributed by atoms with van der Waals surface area (Å²) in [5.74, 6) is 0. The fraction of sp³-hybridized carbons (Fsp3) is 0.0870. The van der Waals surface area contributed by atoms with E-state index in [9.17, 15) is 0 Å². The van der Waals surface area contributed by atoms with E-state index in [1.165, 1.54) is 58.6 Å². The number of hydrogen-bond donors (Lipinski definition) is 1. The summed E-state index contributed by atoms with van der Waals surface area (Å²) in [5, 5.41) is 11.1. The van der Waals surface area contributed by atoms with Gasteiger partial charge in [-0.25, -0.2) is 0 Å². The molecule has 0 aliphatic carbocycles. The monoisotopic (exact) mass is 671 g/mol. The first kappa shape index (κ1) is 29.0. The first-order valence-electron chi connectivity index (χ1n) is 17.6. The number of benzene rings is 7. The first-order chi connectivity index (χ1) is 24.9. The molecule has 0 unspecified atom stereocenters. The third-order valence-electron chi connectivity index (χ3n) is 10.7. The summed E-state index contributed by atoms with van der Waals surface area (Å²) < 4.78 is 12.0. The Kier molecular flexibility index (Phi) is 5.90. The zero-order valence-electron chi connectivity index (χ0n) is 28.5. The van der Waals surface area contributed by atoms with Crippen molar-refractivity contribution in [2.45, 2.75) is 26.2 Å². The minimum Gasteiger partial charge on any atom is -0.454 e. The lowest BCUT2D eigenvalue weighted by Crippen LogP contribution is -2.37. The van der Waals surface area contributed by atoms with Crippen molar-refractivity contribution in [3.8, 4) is 16.8 Å². The van der Waals surface area contributed by atoms with Crippen LogP contribution in [0.5, 0.6) is 0 Å². The van der Waals surface area contributed by atoms with Crippen LogP contribution in [0.15, 0.2) is 138 Å². The van der Waals surface area contributed by atoms with Gasteiger partial charge in [0.15, 0.2) is 12.9 Å². The molecule has 1 N–H and O–H groups in total. The molecule has 51 heavy (non-hydrogen) atoms. The van der Waals surface area contributed by atoms with Gasteiger partial charge in [0.1, 0.15) is 5.58 Å². The molecule has 4 heterocycles. The molecule has 5 heteroatoms. The van der Waals surface area contributed by atoms with Crippen LogP contribution in [-0.2, 0) is 5.41 Å². The second kappa shape index (κ2) is 10.4. The highest BCUT2D eigenvalue weighted by molar-refractivity contribution is 7.26. The smallest absolute Gasteiger partial charge is 0.198 e. The molecule has 3 nitrogen and oxygen atoms in total. The molecular formula is C46H32BN2OS. The van der Waals surface area contributed by atoms with Crippen molar-refractivity contribution in [2.75, 3.05) is 5.32 Å². The predicted octanol–water partition coefficient (Wildman–Crippen LogP) is 11.7. The number of furan rings is 1. The van der Waals surface area contributed by atoms with E-state index >= 15 is 0 Å². The van der Waals surface area contributed by atoms with Gasteiger partial charge in [-0.2, -0.15) is 0 Å². The molecule has 7 aromatic carbocycles. The fourth-order valence-corrected chi connectivity index (χ4v) is 9.47. The maximum absolute atomic E-state index is 6.88. The van der Waals surface area contributed by atoms with Crippen molar-refractivity contribution in [1.82, 2.24) is 4.57 Å². The third kappa shape index (κ3) is 4.19. The molecule has 1 radical (unpaired) electrons. The largest absolute Gasteiger partial charge is 0.454 e. The van der Waals surface area contributed by atoms with Gasteiger partial charge >= 0.3 is 0 Å². The quantitative estimate of drug-likeness (QED) is 0.190. The van der Waals surface area contributed by atoms with E-state index in [-0.39, 0.29) is 5.41 Å². The van der Waals surface area contributed by atoms with Gasteiger partial charge in [0, 0.05) is 48.7 Å². The number of nitrogens with one attached hydrogen (secondary N) is 1. The number of fused-ring (bicyclic) bond motifs is 12. The van der Waals surface area contributed by atoms with Crippen molar-refractivity contribution in [3.63, 3.8) is 0 Å². The van der Waals surface area contributed by atoms with Crippen LogP contribution in [0.3, 0.4) is 0 Å². The summed E-state index contributed by atoms with van der Waals surface area (Å²) in [6, 6.07) is 48.6. The molecule has 0 atom stereocenters. The Labute approximate surface area is 300 Å². The Hall–Kier alpha value is -5.78. The molecule has 0 spiro atoms. The lowest BCUT2D eigenvalue weighted by Gasteiger charge is -2.25. The van der Waals surface area contributed by atoms with E-state index < -0.39 is 0 Å². The van der Waals surface area contributed by atoms with E-state index in [1.807, 2.05) is 11.3 Å². The molecule has 0 amide bonds. The van der Waals surface area contributed by atoms with Crippen LogP contribution < -0.4 is 16.2 Å². The minimum atomic E-state index is 0.0870. The van der Waals surface area contributed by atoms with Crippen LogP contribution >= 0.6 is 11.3 Å². The molecule has 1 aliphatic rings. The molecule has 0 bridgehead atoms. The van der Waals surface area contributed by atoms with E-state index in [0.717, 1.165) is 50.0 Å². The Morgan fingerprint density at radius 3 is 2.20 bits per heavy atom. The second-order valence-corrected chi connectivity index (χ2v) is 15.9. The highest BCUT2D eigenvalue weighted by Crippen LogP contribution is 2.46. The van der Waals surface area contributed by atoms with Gasteiger partial charge in [-0.3, -0.25) is 0 Å². The summed E-state index contributed by atoms with van der Waals surface area (Å²) >= 11 is 1.88. The summed E-state index contributed by atoms with van der Waals surface area (Å²) in [6.07, 6.45) is 0. The summed E-state index contributed by atoms with van der Waals surface area (Å²) in [5.41, 5.74) is 13.7. The Morgan fingerprint density at radius 2 is 1.37 bits per heavy atom. The number of aromatic nitrogens is 1. The Bertz CT molecular complexity index is 3060. The van der Waals surface area contributed by atoms with Gasteiger partial charge in [-0.15, -0.1) is 11.3 Å². The zero-order valence-corrected chi connectivity index (χ0v) is 29.4. The number of para-hydroxylation sites is 2. The Morgan fingerprint density at radius 1 is 0.647 bits per heavy atom. The number of nitrogens with zero attached hydrogens (tertiary/aromatic N) is 1. The van der Waals surface area contributed by atoms with Crippen molar-refractivity contribution in [2.24, 2.45) is 0 Å². The molecule has 10 aromatic rings. The van der Waals surface area contributed by atoms with Gasteiger partial charge < -0.3 is 14.3 Å². The van der Waals surface area contributed by atoms with E-state index in [0.29, 0.717) is 0 Å². The van der Waals surface area contributed by atoms with Crippen LogP contribution in [0.2, 0.25) is 0 Å². The average Bonchev–Trinajstić information content (AvgIpc) is 3.81. The van der Waals surface area contributed by atoms with Crippen LogP contribution in [0.25, 0.3) is 80.7 Å². The van der Waals surface area contributed by atoms with Crippen molar-refractivity contribution >= 4 is 105 Å². The van der Waals surface area contributed by atoms with Gasteiger partial charge in [-0.05, 0) is 75.2 Å². The normalized spacial score (nSPS) is 12.8. The van der Waals surface area contributed by atoms with E-state index in [2.05, 4.69) is 171 Å². The number of hydrogen-bond acceptors (Lipinski definition) is 3. The summed E-state index contributed by atoms with van der Waals surface area (Å²) in [4.78, 5) is 0. The van der Waals surface area contributed by atoms with Crippen LogP contribution in [0.4, 0.5) is 11.4 Å². The molecule has 11 rings (SSSR count). The minimum absolute atomic E-state index is 0.0870. The maximum atomic E-state index is 6.88. The number of rotatable bonds is 3. The Balaban J connectivity index is 1.26. The lowest BCUT2D eigenvalue weighted by atomic mass is 9.59. The van der Waals surface area contributed by atoms with Gasteiger partial charge in [0.2, 0.25) is 0 Å². The number of anilines is 2. The molecule has 0 saturated carbocycles. The maximum Gasteiger partial charge on any atom is 0.198 e. The molecule has 3 aromatic heterocycles. The van der Waals surface area contributed by atoms with Crippen molar-refractivity contribution < 1.29 is 4.42 Å². The van der Waals surface area contributed by atoms with Gasteiger partial charge in [0.05, 0.1) is 15.9 Å². The molecule has 0 fully saturated rings. The van der Waals surface area contributed by atoms with Crippen LogP contribution in [0.1, 0.15) is 26.3 Å². The third-order valence-corrected chi connectivity index (χ3v) is 11.9. The van der Waals surface area contributed by atoms with Gasteiger partial charge in [-0.1, -0.05) is 117 Å². The highest BCUT2D eigenvalue weighted by Gasteiger charge is 2.31. The lowest BCUT2D eigenvalue weighted by molar-refractivity contribution is 0.590. The first-order valence-corrected chi connectivity index (χ1v) is 18.4. The van der Waals surface area contributed by atoms with Crippen molar-refractivity contribution in [3.05, 3.63) is 139 Å². The molecule has 0 saturated heterocycles. The van der Waals surface area contributed by atoms with Crippen LogP contribution in [0, 0.1) is 0 Å². The fourth-order valence-electron chi connectivity index (χ4n) is 8.26. The number of thiophene rings is 1. The second-order valence-electron chi connectivity index (χ2n) is 14.9. The summed E-state index contributed by atoms with van der Waals surface area (Å²) in [7, 11) is 2.39. The molecule has 1 aliphatic heterocycles. The molecular weight excluding hydrogens is 639 g/mol. The average molecular weight is 672 g/mol. The van der Waals surface area contributed by atoms with Crippen LogP contribution in [-0.4, -0.2) is 11.8 Å². The van der Waals surface area contributed by atoms with E-state index in [4.69, 9.17) is 4.42 Å². The van der Waals surface area contributed by atoms with Crippen molar-refractivity contribution in [1.29, 1.82) is 0 Å². The van der Waals surface area contributed by atoms with E-state index in [1.54, 1.807) is 0 Å². The SMILES string of the molecule is CC(C)(C)c1ccc(Nc2cc3ccccc3cc2-c2cc3c(oc4ccccc43)c3c2[B]c2cccc4c5sc6ccccc6c5n-3c24)cc1. The topological polar surface area (TPSA) is 30.1 Å². The highest BCUT2D eigenvalue weighted by atomic mass is 32.1. The predicted molar refractivity (Wildman–Crippen MR) is 220 cm³/mol. The standard InChI is InChI=1S/C46H32BN2OS/c1-46(2,3)28-19-21-29(22-20-28)48-37-24-27-12-5-4-11-26(27)23-33(37)34-25-35-30-13-6-8-17-38(30)50-44(35)43-40(34)47-36-16-10-15-32-41(36)49(43)42-31-14-7-9-18-39(31)51-45(32)42/h4-25,48H,1-3H3.